The Labute approximate surface area is 298 Å². The summed E-state index contributed by atoms with van der Waals surface area (Å²) in [4.78, 5) is 14.7. The predicted octanol–water partition coefficient (Wildman–Crippen LogP) is 11.4. The van der Waals surface area contributed by atoms with Crippen LogP contribution in [0.2, 0.25) is 0 Å². The molecule has 52 heavy (non-hydrogen) atoms. The second-order valence-electron chi connectivity index (χ2n) is 12.8. The minimum absolute atomic E-state index is 0.514. The summed E-state index contributed by atoms with van der Waals surface area (Å²) in [5.74, 6) is 1.64. The maximum absolute atomic E-state index is 9.55. The highest BCUT2D eigenvalue weighted by atomic mass is 16.3. The van der Waals surface area contributed by atoms with E-state index in [0.29, 0.717) is 23.0 Å². The molecule has 10 aromatic rings. The molecule has 0 bridgehead atoms. The van der Waals surface area contributed by atoms with Crippen LogP contribution in [0.15, 0.2) is 168 Å². The Morgan fingerprint density at radius 2 is 1.08 bits per heavy atom. The van der Waals surface area contributed by atoms with Gasteiger partial charge in [-0.1, -0.05) is 103 Å². The molecule has 6 heteroatoms. The third-order valence-corrected chi connectivity index (χ3v) is 9.69. The van der Waals surface area contributed by atoms with E-state index in [2.05, 4.69) is 102 Å². The van der Waals surface area contributed by atoms with Crippen LogP contribution in [-0.4, -0.2) is 19.5 Å². The van der Waals surface area contributed by atoms with Crippen LogP contribution in [0.5, 0.6) is 0 Å². The molecule has 10 rings (SSSR count). The van der Waals surface area contributed by atoms with Crippen LogP contribution < -0.4 is 0 Å². The van der Waals surface area contributed by atoms with Crippen molar-refractivity contribution in [3.8, 4) is 57.0 Å². The van der Waals surface area contributed by atoms with Gasteiger partial charge in [0.15, 0.2) is 17.5 Å². The molecule has 0 fully saturated rings. The highest BCUT2D eigenvalue weighted by Gasteiger charge is 2.18. The first-order valence-corrected chi connectivity index (χ1v) is 17.1. The van der Waals surface area contributed by atoms with E-state index >= 15 is 0 Å². The Hall–Kier alpha value is -7.36. The predicted molar refractivity (Wildman–Crippen MR) is 208 cm³/mol. The lowest BCUT2D eigenvalue weighted by Gasteiger charge is -2.11. The van der Waals surface area contributed by atoms with Crippen molar-refractivity contribution in [2.75, 3.05) is 0 Å². The molecule has 0 radical (unpaired) electrons. The second kappa shape index (κ2) is 11.9. The Morgan fingerprint density at radius 1 is 0.462 bits per heavy atom. The summed E-state index contributed by atoms with van der Waals surface area (Å²) in [5.41, 5.74) is 10.4. The standard InChI is InChI=1S/C46H27N5O/c47-28-29-10-8-13-33(26-29)46-49-44(30-11-2-1-3-12-30)48-45(50-46)31-20-23-34(24-21-31)51-39-17-6-4-14-36(39)37-25-22-32(27-40(37)51)35-16-9-19-42-43(35)38-15-5-7-18-41(38)52-42/h1-27H. The molecule has 0 N–H and O–H groups in total. The zero-order chi connectivity index (χ0) is 34.6. The summed E-state index contributed by atoms with van der Waals surface area (Å²) >= 11 is 0. The Morgan fingerprint density at radius 3 is 1.88 bits per heavy atom. The lowest BCUT2D eigenvalue weighted by atomic mass is 9.98. The average Bonchev–Trinajstić information content (AvgIpc) is 3.77. The van der Waals surface area contributed by atoms with Gasteiger partial charge >= 0.3 is 0 Å². The molecule has 0 atom stereocenters. The van der Waals surface area contributed by atoms with Gasteiger partial charge in [0, 0.05) is 43.9 Å². The minimum Gasteiger partial charge on any atom is -0.456 e. The van der Waals surface area contributed by atoms with Crippen LogP contribution in [0.25, 0.3) is 94.7 Å². The van der Waals surface area contributed by atoms with E-state index in [-0.39, 0.29) is 0 Å². The average molecular weight is 666 g/mol. The number of hydrogen-bond acceptors (Lipinski definition) is 5. The molecule has 0 saturated heterocycles. The largest absolute Gasteiger partial charge is 0.456 e. The van der Waals surface area contributed by atoms with Crippen molar-refractivity contribution >= 4 is 43.7 Å². The number of furan rings is 1. The van der Waals surface area contributed by atoms with Gasteiger partial charge in [0.25, 0.3) is 0 Å². The van der Waals surface area contributed by atoms with E-state index in [4.69, 9.17) is 19.4 Å². The molecule has 0 aliphatic heterocycles. The van der Waals surface area contributed by atoms with Gasteiger partial charge in [0.05, 0.1) is 22.7 Å². The molecule has 242 valence electrons. The third-order valence-electron chi connectivity index (χ3n) is 9.69. The van der Waals surface area contributed by atoms with Gasteiger partial charge in [-0.05, 0) is 71.8 Å². The van der Waals surface area contributed by atoms with Gasteiger partial charge < -0.3 is 8.98 Å². The first-order valence-electron chi connectivity index (χ1n) is 17.1. The molecular weight excluding hydrogens is 639 g/mol. The van der Waals surface area contributed by atoms with Crippen molar-refractivity contribution in [2.24, 2.45) is 0 Å². The number of rotatable bonds is 5. The van der Waals surface area contributed by atoms with E-state index < -0.39 is 0 Å². The maximum atomic E-state index is 9.55. The maximum Gasteiger partial charge on any atom is 0.164 e. The molecule has 3 heterocycles. The summed E-state index contributed by atoms with van der Waals surface area (Å²) < 4.78 is 8.56. The Kier molecular flexibility index (Phi) is 6.76. The van der Waals surface area contributed by atoms with Gasteiger partial charge in [-0.3, -0.25) is 0 Å². The molecule has 3 aromatic heterocycles. The van der Waals surface area contributed by atoms with Crippen molar-refractivity contribution in [1.82, 2.24) is 19.5 Å². The molecule has 0 amide bonds. The quantitative estimate of drug-likeness (QED) is 0.183. The van der Waals surface area contributed by atoms with Gasteiger partial charge in [0.1, 0.15) is 11.2 Å². The van der Waals surface area contributed by atoms with Gasteiger partial charge in [-0.2, -0.15) is 5.26 Å². The SMILES string of the molecule is N#Cc1cccc(-c2nc(-c3ccccc3)nc(-c3ccc(-n4c5ccccc5c5ccc(-c6cccc7oc8ccccc8c67)cc54)cc3)n2)c1. The zero-order valence-corrected chi connectivity index (χ0v) is 27.7. The van der Waals surface area contributed by atoms with Crippen molar-refractivity contribution in [2.45, 2.75) is 0 Å². The number of benzene rings is 7. The number of nitriles is 1. The van der Waals surface area contributed by atoms with E-state index in [0.717, 1.165) is 66.5 Å². The first kappa shape index (κ1) is 29.5. The van der Waals surface area contributed by atoms with Crippen molar-refractivity contribution < 1.29 is 4.42 Å². The Bertz CT molecular complexity index is 3020. The van der Waals surface area contributed by atoms with Crippen molar-refractivity contribution in [3.05, 3.63) is 169 Å². The molecule has 0 spiro atoms. The van der Waals surface area contributed by atoms with Crippen LogP contribution in [0, 0.1) is 11.3 Å². The first-order chi connectivity index (χ1) is 25.7. The summed E-state index contributed by atoms with van der Waals surface area (Å²) in [6.45, 7) is 0. The summed E-state index contributed by atoms with van der Waals surface area (Å²) in [5, 5.41) is 14.1. The van der Waals surface area contributed by atoms with E-state index in [1.54, 1.807) is 6.07 Å². The molecule has 0 aliphatic carbocycles. The molecule has 6 nitrogen and oxygen atoms in total. The molecule has 0 saturated carbocycles. The third kappa shape index (κ3) is 4.84. The van der Waals surface area contributed by atoms with Crippen LogP contribution in [-0.2, 0) is 0 Å². The second-order valence-corrected chi connectivity index (χ2v) is 12.8. The lowest BCUT2D eigenvalue weighted by molar-refractivity contribution is 0.669. The summed E-state index contributed by atoms with van der Waals surface area (Å²) in [7, 11) is 0. The normalized spacial score (nSPS) is 11.4. The number of aromatic nitrogens is 4. The van der Waals surface area contributed by atoms with Crippen LogP contribution in [0.4, 0.5) is 0 Å². The van der Waals surface area contributed by atoms with Crippen LogP contribution in [0.1, 0.15) is 5.56 Å². The topological polar surface area (TPSA) is 80.5 Å². The van der Waals surface area contributed by atoms with E-state index in [1.165, 1.54) is 10.8 Å². The fraction of sp³-hybridized carbons (Fsp3) is 0. The highest BCUT2D eigenvalue weighted by molar-refractivity contribution is 6.14. The van der Waals surface area contributed by atoms with E-state index in [1.807, 2.05) is 66.7 Å². The molecule has 0 unspecified atom stereocenters. The molecular formula is C46H27N5O. The highest BCUT2D eigenvalue weighted by Crippen LogP contribution is 2.40. The minimum atomic E-state index is 0.514. The van der Waals surface area contributed by atoms with E-state index in [9.17, 15) is 5.26 Å². The number of nitrogens with zero attached hydrogens (tertiary/aromatic N) is 5. The lowest BCUT2D eigenvalue weighted by Crippen LogP contribution is -2.00. The van der Waals surface area contributed by atoms with Gasteiger partial charge in [-0.15, -0.1) is 0 Å². The zero-order valence-electron chi connectivity index (χ0n) is 27.7. The fourth-order valence-corrected chi connectivity index (χ4v) is 7.27. The van der Waals surface area contributed by atoms with Gasteiger partial charge in [-0.25, -0.2) is 15.0 Å². The van der Waals surface area contributed by atoms with Crippen molar-refractivity contribution in [1.29, 1.82) is 5.26 Å². The van der Waals surface area contributed by atoms with Gasteiger partial charge in [0.2, 0.25) is 0 Å². The number of fused-ring (bicyclic) bond motifs is 6. The molecule has 7 aromatic carbocycles. The Balaban J connectivity index is 1.12. The van der Waals surface area contributed by atoms with Crippen LogP contribution >= 0.6 is 0 Å². The summed E-state index contributed by atoms with van der Waals surface area (Å²) in [6, 6.07) is 57.6. The van der Waals surface area contributed by atoms with Crippen molar-refractivity contribution in [3.63, 3.8) is 0 Å². The number of hydrogen-bond donors (Lipinski definition) is 0. The smallest absolute Gasteiger partial charge is 0.164 e. The molecule has 0 aliphatic rings. The summed E-state index contributed by atoms with van der Waals surface area (Å²) in [6.07, 6.45) is 0. The number of para-hydroxylation sites is 2. The van der Waals surface area contributed by atoms with Crippen LogP contribution in [0.3, 0.4) is 0 Å². The monoisotopic (exact) mass is 665 g/mol. The fourth-order valence-electron chi connectivity index (χ4n) is 7.27.